The van der Waals surface area contributed by atoms with Crippen LogP contribution < -0.4 is 33.2 Å². The molecule has 22 nitrogen and oxygen atoms in total. The second-order valence-corrected chi connectivity index (χ2v) is 26.8. The molecule has 80 heavy (non-hydrogen) atoms. The van der Waals surface area contributed by atoms with Crippen molar-refractivity contribution in [2.75, 3.05) is 26.3 Å². The van der Waals surface area contributed by atoms with Crippen LogP contribution in [0.15, 0.2) is 35.9 Å². The average Bonchev–Trinajstić information content (AvgIpc) is 2.38. The van der Waals surface area contributed by atoms with Crippen LogP contribution in [0.3, 0.4) is 0 Å². The van der Waals surface area contributed by atoms with Gasteiger partial charge in [-0.15, -0.1) is 0 Å². The highest BCUT2D eigenvalue weighted by Gasteiger charge is 2.69. The first-order chi connectivity index (χ1) is 37.6. The molecule has 3 heterocycles. The van der Waals surface area contributed by atoms with Gasteiger partial charge >= 0.3 is 5.97 Å². The smallest absolute Gasteiger partial charge is 0.335 e. The summed E-state index contributed by atoms with van der Waals surface area (Å²) in [5.41, 5.74) is -0.707. The molecule has 16 unspecified atom stereocenters. The molecule has 7 aliphatic rings. The summed E-state index contributed by atoms with van der Waals surface area (Å²) in [4.78, 5) is 52.1. The molecule has 23 heteroatoms. The van der Waals surface area contributed by atoms with E-state index in [0.29, 0.717) is 63.6 Å². The third-order valence-electron chi connectivity index (χ3n) is 19.9. The molecule has 8 rings (SSSR count). The number of halogens is 1. The van der Waals surface area contributed by atoms with Crippen molar-refractivity contribution < 1.29 is 121 Å². The SMILES string of the molecule is CC(C)(CCCC(=O)NCCNC(=O)c1ccc([IH+])cc1)CC1CC(O)CC2(C)C1=CCC1C3(C)CC[C@H](O[C@@H]4OC(C(=O)O)[C@@H](O)C(O[C@@H]5OC[C@@H](O)C(O)C5O)C4O[C@@H]4OC(CO)[C@H](O)C(O)C4O)C(C)(C=O)C3CCC12C. The molecule has 23 atom stereocenters. The molecule has 0 aromatic heterocycles. The second kappa shape index (κ2) is 25.0. The largest absolute Gasteiger partial charge is 0.479 e. The van der Waals surface area contributed by atoms with Gasteiger partial charge in [-0.3, -0.25) is 9.59 Å². The van der Waals surface area contributed by atoms with Crippen LogP contribution in [-0.2, 0) is 42.8 Å². The molecular weight excluding hydrogens is 1160 g/mol. The monoisotopic (exact) mass is 1250 g/mol. The van der Waals surface area contributed by atoms with Crippen LogP contribution in [0.4, 0.5) is 0 Å². The quantitative estimate of drug-likeness (QED) is 0.0220. The minimum absolute atomic E-state index is 0.0459. The maximum Gasteiger partial charge on any atom is 0.335 e. The predicted octanol–water partition coefficient (Wildman–Crippen LogP) is -2.72. The summed E-state index contributed by atoms with van der Waals surface area (Å²) in [5.74, 6) is -2.10. The zero-order valence-electron chi connectivity index (χ0n) is 46.5. The van der Waals surface area contributed by atoms with Gasteiger partial charge < -0.3 is 94.9 Å². The zero-order chi connectivity index (χ0) is 58.4. The Hall–Kier alpha value is -2.83. The Kier molecular flexibility index (Phi) is 19.8. The number of aliphatic hydroxyl groups excluding tert-OH is 9. The van der Waals surface area contributed by atoms with Crippen LogP contribution in [0.1, 0.15) is 123 Å². The first kappa shape index (κ1) is 63.2. The molecule has 450 valence electrons. The van der Waals surface area contributed by atoms with Gasteiger partial charge in [0.25, 0.3) is 28.5 Å². The topological polar surface area (TPSA) is 350 Å². The lowest BCUT2D eigenvalue weighted by molar-refractivity contribution is -0.391. The summed E-state index contributed by atoms with van der Waals surface area (Å²) in [6, 6.07) is 7.30. The Bertz CT molecular complexity index is 2380. The highest BCUT2D eigenvalue weighted by Crippen LogP contribution is 2.73. The van der Waals surface area contributed by atoms with E-state index in [4.69, 9.17) is 28.4 Å². The number of carbonyl (C=O) groups excluding carboxylic acids is 3. The maximum atomic E-state index is 13.9. The minimum atomic E-state index is -2.14. The van der Waals surface area contributed by atoms with E-state index in [1.165, 1.54) is 5.57 Å². The van der Waals surface area contributed by atoms with Crippen LogP contribution in [0, 0.1) is 48.4 Å². The van der Waals surface area contributed by atoms with Crippen molar-refractivity contribution in [2.45, 2.75) is 210 Å². The molecule has 0 spiro atoms. The number of carbonyl (C=O) groups is 4. The van der Waals surface area contributed by atoms with Crippen molar-refractivity contribution >= 4 is 24.1 Å². The van der Waals surface area contributed by atoms with Gasteiger partial charge in [-0.05, 0) is 128 Å². The summed E-state index contributed by atoms with van der Waals surface area (Å²) in [7, 11) is 0. The molecule has 3 aliphatic heterocycles. The van der Waals surface area contributed by atoms with Gasteiger partial charge in [0.1, 0.15) is 67.3 Å². The fraction of sp³-hybridized carbons (Fsp3) is 0.789. The number of hydrogen-bond donors (Lipinski definition) is 12. The first-order valence-electron chi connectivity index (χ1n) is 28.3. The van der Waals surface area contributed by atoms with Gasteiger partial charge in [0, 0.05) is 25.1 Å². The third-order valence-corrected chi connectivity index (χ3v) is 20.7. The van der Waals surface area contributed by atoms with Crippen LogP contribution in [0.2, 0.25) is 0 Å². The molecule has 3 saturated carbocycles. The van der Waals surface area contributed by atoms with E-state index in [0.717, 1.165) is 29.1 Å². The van der Waals surface area contributed by atoms with Crippen molar-refractivity contribution in [2.24, 2.45) is 44.8 Å². The number of ether oxygens (including phenoxy) is 6. The zero-order valence-corrected chi connectivity index (χ0v) is 48.8. The van der Waals surface area contributed by atoms with E-state index in [2.05, 4.69) is 51.3 Å². The van der Waals surface area contributed by atoms with Crippen molar-refractivity contribution in [1.29, 1.82) is 0 Å². The predicted molar refractivity (Wildman–Crippen MR) is 278 cm³/mol. The Morgan fingerprint density at radius 2 is 1.48 bits per heavy atom. The van der Waals surface area contributed by atoms with E-state index in [1.54, 1.807) is 19.1 Å². The minimum Gasteiger partial charge on any atom is -0.479 e. The number of aliphatic hydroxyl groups is 9. The van der Waals surface area contributed by atoms with Crippen LogP contribution in [-0.4, -0.2) is 200 Å². The van der Waals surface area contributed by atoms with Gasteiger partial charge in [-0.25, -0.2) is 4.79 Å². The lowest BCUT2D eigenvalue weighted by Gasteiger charge is -2.70. The number of fused-ring (bicyclic) bond motifs is 5. The number of rotatable bonds is 19. The molecule has 1 aromatic rings. The number of benzene rings is 1. The lowest BCUT2D eigenvalue weighted by Crippen LogP contribution is -3.34. The van der Waals surface area contributed by atoms with E-state index >= 15 is 0 Å². The average molecular weight is 1250 g/mol. The number of nitrogens with one attached hydrogen (secondary N) is 2. The molecular formula is C57H86IN2O20+. The summed E-state index contributed by atoms with van der Waals surface area (Å²) in [5, 5.41) is 114. The van der Waals surface area contributed by atoms with E-state index in [9.17, 15) is 70.2 Å². The normalized spacial score (nSPS) is 43.9. The molecule has 12 N–H and O–H groups in total. The summed E-state index contributed by atoms with van der Waals surface area (Å²) in [6.07, 6.45) is -17.7. The van der Waals surface area contributed by atoms with Gasteiger partial charge in [0.15, 0.2) is 28.5 Å². The number of aldehydes is 1. The third kappa shape index (κ3) is 12.3. The number of carboxylic acid groups (broad SMARTS) is 1. The number of hydrogen-bond acceptors (Lipinski definition) is 19. The molecule has 1 aromatic carbocycles. The van der Waals surface area contributed by atoms with Crippen LogP contribution in [0.5, 0.6) is 0 Å². The molecule has 4 aliphatic carbocycles. The van der Waals surface area contributed by atoms with E-state index in [-0.39, 0.29) is 46.8 Å². The number of aliphatic carboxylic acids is 1. The molecule has 6 fully saturated rings. The molecule has 2 amide bonds. The van der Waals surface area contributed by atoms with Crippen molar-refractivity contribution in [1.82, 2.24) is 10.6 Å². The Morgan fingerprint density at radius 1 is 0.800 bits per heavy atom. The highest BCUT2D eigenvalue weighted by atomic mass is 127. The number of allylic oxidation sites excluding steroid dienone is 2. The fourth-order valence-electron chi connectivity index (χ4n) is 15.5. The first-order valence-corrected chi connectivity index (χ1v) is 29.5. The van der Waals surface area contributed by atoms with Crippen LogP contribution >= 0.6 is 0 Å². The molecule has 3 saturated heterocycles. The summed E-state index contributed by atoms with van der Waals surface area (Å²) >= 11 is 1.88. The summed E-state index contributed by atoms with van der Waals surface area (Å²) in [6.45, 7) is 12.3. The van der Waals surface area contributed by atoms with Gasteiger partial charge in [0.05, 0.1) is 30.8 Å². The Morgan fingerprint density at radius 3 is 2.15 bits per heavy atom. The van der Waals surface area contributed by atoms with E-state index in [1.807, 2.05) is 34.7 Å². The lowest BCUT2D eigenvalue weighted by atomic mass is 9.35. The summed E-state index contributed by atoms with van der Waals surface area (Å²) < 4.78 is 37.2. The molecule has 0 bridgehead atoms. The van der Waals surface area contributed by atoms with E-state index < -0.39 is 134 Å². The number of carboxylic acids is 1. The second-order valence-electron chi connectivity index (χ2n) is 25.5. The molecule has 0 radical (unpaired) electrons. The Balaban J connectivity index is 0.979. The standard InChI is InChI=1S/C57H85IN2O20/c1-53(2,17-7-8-38(65)59-20-21-60-48(72)28-9-11-30(58)12-10-28)23-29-22-31(63)24-57(6)32(29)13-14-36-54(3)18-16-37(55(4,27-62)35(54)15-19-56(36,57)5)77-52-47(80-51-43(70)41(68)40(67)34(25-61)76-51)45(44(71)46(79-52)49(73)74)78-50-42(69)39(66)33(64)26-75-50/h9-13,27,29,31,33-37,39-47,50-52,58,61,63-64,66-71H,7-8,14-26H2,1-6H3,(H2-,59,60,65,72,73,74)/p+1/t29?,31?,33-,34?,35?,36?,37+,39?,40+,41?,42?,43?,44+,45?,46?,47?,50+,51+,52-,54?,55?,56?,57?/m1/s1. The van der Waals surface area contributed by atoms with Gasteiger partial charge in [0.2, 0.25) is 5.91 Å². The van der Waals surface area contributed by atoms with Gasteiger partial charge in [-0.1, -0.05) is 53.2 Å². The number of amides is 2. The van der Waals surface area contributed by atoms with Crippen molar-refractivity contribution in [3.63, 3.8) is 0 Å². The Labute approximate surface area is 480 Å². The fourth-order valence-corrected chi connectivity index (χ4v) is 15.8. The van der Waals surface area contributed by atoms with Crippen molar-refractivity contribution in [3.8, 4) is 0 Å². The van der Waals surface area contributed by atoms with Gasteiger partial charge in [-0.2, -0.15) is 0 Å². The van der Waals surface area contributed by atoms with Crippen LogP contribution in [0.25, 0.3) is 0 Å². The highest BCUT2D eigenvalue weighted by molar-refractivity contribution is 5.94. The maximum absolute atomic E-state index is 13.9. The van der Waals surface area contributed by atoms with Crippen molar-refractivity contribution in [3.05, 3.63) is 45.0 Å².